The van der Waals surface area contributed by atoms with Gasteiger partial charge in [0.1, 0.15) is 0 Å². The number of anilines is 1. The zero-order valence-corrected chi connectivity index (χ0v) is 16.3. The number of nitrogens with one attached hydrogen (secondary N) is 2. The summed E-state index contributed by atoms with van der Waals surface area (Å²) in [6.07, 6.45) is 4.77. The number of aryl methyl sites for hydroxylation is 1. The van der Waals surface area contributed by atoms with E-state index >= 15 is 0 Å². The molecule has 9 nitrogen and oxygen atoms in total. The van der Waals surface area contributed by atoms with Gasteiger partial charge in [0.2, 0.25) is 0 Å². The third kappa shape index (κ3) is 5.13. The lowest BCUT2D eigenvalue weighted by molar-refractivity contribution is 0.0697. The van der Waals surface area contributed by atoms with E-state index in [0.29, 0.717) is 32.0 Å². The molecule has 3 N–H and O–H groups in total. The van der Waals surface area contributed by atoms with Gasteiger partial charge in [-0.25, -0.2) is 14.6 Å². The van der Waals surface area contributed by atoms with Crippen molar-refractivity contribution >= 4 is 17.8 Å². The molecule has 2 aromatic rings. The van der Waals surface area contributed by atoms with E-state index in [1.165, 1.54) is 12.1 Å². The Kier molecular flexibility index (Phi) is 6.48. The molecule has 29 heavy (non-hydrogen) atoms. The Morgan fingerprint density at radius 2 is 1.90 bits per heavy atom. The van der Waals surface area contributed by atoms with E-state index in [0.717, 1.165) is 18.4 Å². The highest BCUT2D eigenvalue weighted by Crippen LogP contribution is 2.14. The summed E-state index contributed by atoms with van der Waals surface area (Å²) in [7, 11) is 0. The Morgan fingerprint density at radius 1 is 1.21 bits per heavy atom. The number of carbonyl (C=O) groups excluding carboxylic acids is 1. The first-order valence-electron chi connectivity index (χ1n) is 9.65. The van der Waals surface area contributed by atoms with Gasteiger partial charge >= 0.3 is 12.0 Å². The fourth-order valence-corrected chi connectivity index (χ4v) is 3.32. The summed E-state index contributed by atoms with van der Waals surface area (Å²) < 4.78 is 1.63. The molecule has 154 valence electrons. The van der Waals surface area contributed by atoms with Gasteiger partial charge in [-0.3, -0.25) is 4.79 Å². The number of rotatable bonds is 6. The highest BCUT2D eigenvalue weighted by molar-refractivity contribution is 5.87. The van der Waals surface area contributed by atoms with E-state index in [1.54, 1.807) is 29.1 Å². The van der Waals surface area contributed by atoms with E-state index in [1.807, 2.05) is 11.8 Å². The van der Waals surface area contributed by atoms with Gasteiger partial charge in [0.15, 0.2) is 5.82 Å². The second-order valence-electron chi connectivity index (χ2n) is 6.93. The minimum absolute atomic E-state index is 0.0257. The Balaban J connectivity index is 1.46. The van der Waals surface area contributed by atoms with Crippen molar-refractivity contribution in [2.45, 2.75) is 38.9 Å². The first kappa shape index (κ1) is 20.4. The van der Waals surface area contributed by atoms with E-state index in [9.17, 15) is 14.4 Å². The average molecular weight is 399 g/mol. The summed E-state index contributed by atoms with van der Waals surface area (Å²) in [5.41, 5.74) is 0.943. The zero-order valence-electron chi connectivity index (χ0n) is 16.3. The minimum Gasteiger partial charge on any atom is -0.478 e. The summed E-state index contributed by atoms with van der Waals surface area (Å²) in [5.74, 6) is -0.519. The number of hydrogen-bond donors (Lipinski definition) is 3. The first-order chi connectivity index (χ1) is 14.0. The maximum atomic E-state index is 12.4. The third-order valence-corrected chi connectivity index (χ3v) is 5.02. The monoisotopic (exact) mass is 399 g/mol. The molecule has 2 amide bonds. The van der Waals surface area contributed by atoms with Crippen molar-refractivity contribution in [2.75, 3.05) is 18.0 Å². The molecule has 1 saturated heterocycles. The topological polar surface area (TPSA) is 117 Å². The number of carbonyl (C=O) groups is 2. The van der Waals surface area contributed by atoms with Crippen molar-refractivity contribution in [3.8, 4) is 0 Å². The second kappa shape index (κ2) is 9.22. The maximum Gasteiger partial charge on any atom is 0.335 e. The molecule has 0 atom stereocenters. The van der Waals surface area contributed by atoms with Crippen LogP contribution in [0.1, 0.15) is 35.7 Å². The predicted molar refractivity (Wildman–Crippen MR) is 108 cm³/mol. The molecule has 0 aliphatic carbocycles. The van der Waals surface area contributed by atoms with Crippen LogP contribution >= 0.6 is 0 Å². The van der Waals surface area contributed by atoms with Crippen LogP contribution in [0.4, 0.5) is 10.6 Å². The second-order valence-corrected chi connectivity index (χ2v) is 6.93. The van der Waals surface area contributed by atoms with Gasteiger partial charge in [0, 0.05) is 44.6 Å². The SMILES string of the molecule is CCn1ccnc(N2CCC(NC(=O)NCc3ccc(C(=O)O)cc3)CC2)c1=O. The van der Waals surface area contributed by atoms with Crippen molar-refractivity contribution in [1.29, 1.82) is 0 Å². The van der Waals surface area contributed by atoms with Crippen molar-refractivity contribution in [2.24, 2.45) is 0 Å². The highest BCUT2D eigenvalue weighted by atomic mass is 16.4. The van der Waals surface area contributed by atoms with Gasteiger partial charge in [-0.1, -0.05) is 12.1 Å². The molecule has 0 saturated carbocycles. The average Bonchev–Trinajstić information content (AvgIpc) is 2.73. The largest absolute Gasteiger partial charge is 0.478 e. The van der Waals surface area contributed by atoms with Crippen LogP contribution in [0.2, 0.25) is 0 Å². The van der Waals surface area contributed by atoms with Crippen LogP contribution in [-0.2, 0) is 13.1 Å². The highest BCUT2D eigenvalue weighted by Gasteiger charge is 2.23. The van der Waals surface area contributed by atoms with Crippen molar-refractivity contribution in [3.05, 3.63) is 58.1 Å². The summed E-state index contributed by atoms with van der Waals surface area (Å²) in [6, 6.07) is 6.14. The molecule has 1 fully saturated rings. The van der Waals surface area contributed by atoms with Gasteiger partial charge in [-0.15, -0.1) is 0 Å². The zero-order chi connectivity index (χ0) is 20.8. The molecule has 1 aromatic heterocycles. The number of nitrogens with zero attached hydrogens (tertiary/aromatic N) is 3. The Morgan fingerprint density at radius 3 is 2.52 bits per heavy atom. The fraction of sp³-hybridized carbons (Fsp3) is 0.400. The molecule has 0 unspecified atom stereocenters. The van der Waals surface area contributed by atoms with Crippen LogP contribution in [0.3, 0.4) is 0 Å². The summed E-state index contributed by atoms with van der Waals surface area (Å²) in [4.78, 5) is 41.6. The van der Waals surface area contributed by atoms with Gasteiger partial charge in [-0.2, -0.15) is 0 Å². The van der Waals surface area contributed by atoms with Gasteiger partial charge < -0.3 is 25.2 Å². The van der Waals surface area contributed by atoms with Crippen molar-refractivity contribution < 1.29 is 14.7 Å². The molecule has 1 aliphatic rings. The van der Waals surface area contributed by atoms with Crippen LogP contribution in [-0.4, -0.2) is 45.8 Å². The summed E-state index contributed by atoms with van der Waals surface area (Å²) in [6.45, 7) is 4.14. The Hall–Kier alpha value is -3.36. The van der Waals surface area contributed by atoms with Crippen molar-refractivity contribution in [3.63, 3.8) is 0 Å². The number of piperidine rings is 1. The molecule has 0 bridgehead atoms. The van der Waals surface area contributed by atoms with E-state index in [2.05, 4.69) is 15.6 Å². The standard InChI is InChI=1S/C20H25N5O4/c1-2-24-12-9-21-17(18(24)26)25-10-7-16(8-11-25)23-20(29)22-13-14-3-5-15(6-4-14)19(27)28/h3-6,9,12,16H,2,7-8,10-11,13H2,1H3,(H,27,28)(H2,22,23,29). The van der Waals surface area contributed by atoms with Crippen LogP contribution in [0.5, 0.6) is 0 Å². The third-order valence-electron chi connectivity index (χ3n) is 5.02. The fourth-order valence-electron chi connectivity index (χ4n) is 3.32. The van der Waals surface area contributed by atoms with E-state index in [4.69, 9.17) is 5.11 Å². The number of carboxylic acid groups (broad SMARTS) is 1. The minimum atomic E-state index is -0.979. The molecule has 0 radical (unpaired) electrons. The Bertz CT molecular complexity index is 917. The number of aromatic nitrogens is 2. The summed E-state index contributed by atoms with van der Waals surface area (Å²) in [5, 5.41) is 14.6. The lowest BCUT2D eigenvalue weighted by Crippen LogP contribution is -2.49. The molecule has 3 rings (SSSR count). The lowest BCUT2D eigenvalue weighted by Gasteiger charge is -2.32. The van der Waals surface area contributed by atoms with Gasteiger partial charge in [-0.05, 0) is 37.5 Å². The van der Waals surface area contributed by atoms with Gasteiger partial charge in [0.05, 0.1) is 5.56 Å². The van der Waals surface area contributed by atoms with E-state index < -0.39 is 5.97 Å². The molecular weight excluding hydrogens is 374 g/mol. The quantitative estimate of drug-likeness (QED) is 0.677. The van der Waals surface area contributed by atoms with Crippen LogP contribution in [0, 0.1) is 0 Å². The van der Waals surface area contributed by atoms with Crippen LogP contribution < -0.4 is 21.1 Å². The van der Waals surface area contributed by atoms with E-state index in [-0.39, 0.29) is 23.2 Å². The molecule has 2 heterocycles. The van der Waals surface area contributed by atoms with Crippen molar-refractivity contribution in [1.82, 2.24) is 20.2 Å². The first-order valence-corrected chi connectivity index (χ1v) is 9.65. The number of benzene rings is 1. The molecule has 1 aromatic carbocycles. The van der Waals surface area contributed by atoms with Gasteiger partial charge in [0.25, 0.3) is 5.56 Å². The maximum absolute atomic E-state index is 12.4. The number of carboxylic acids is 1. The summed E-state index contributed by atoms with van der Waals surface area (Å²) >= 11 is 0. The van der Waals surface area contributed by atoms with Crippen LogP contribution in [0.15, 0.2) is 41.5 Å². The predicted octanol–water partition coefficient (Wildman–Crippen LogP) is 1.43. The Labute approximate surface area is 168 Å². The molecule has 0 spiro atoms. The lowest BCUT2D eigenvalue weighted by atomic mass is 10.1. The normalized spacial score (nSPS) is 14.4. The number of amides is 2. The number of aromatic carboxylic acids is 1. The van der Waals surface area contributed by atoms with Crippen LogP contribution in [0.25, 0.3) is 0 Å². The molecular formula is C20H25N5O4. The number of hydrogen-bond acceptors (Lipinski definition) is 5. The smallest absolute Gasteiger partial charge is 0.335 e. The molecule has 9 heteroatoms. The molecule has 1 aliphatic heterocycles. The number of urea groups is 1.